The van der Waals surface area contributed by atoms with Gasteiger partial charge in [-0.2, -0.15) is 5.26 Å². The molecule has 3 aliphatic heterocycles. The molecule has 0 aromatic rings. The van der Waals surface area contributed by atoms with Crippen LogP contribution in [0.2, 0.25) is 0 Å². The number of piperidine rings is 1. The highest BCUT2D eigenvalue weighted by Gasteiger charge is 2.39. The summed E-state index contributed by atoms with van der Waals surface area (Å²) in [4.78, 5) is 29.2. The van der Waals surface area contributed by atoms with Crippen LogP contribution in [-0.2, 0) is 9.59 Å². The van der Waals surface area contributed by atoms with Gasteiger partial charge in [-0.15, -0.1) is 0 Å². The molecule has 6 atom stereocenters. The number of fused-ring (bicyclic) bond motifs is 1. The van der Waals surface area contributed by atoms with E-state index in [4.69, 9.17) is 5.26 Å². The van der Waals surface area contributed by atoms with E-state index in [1.807, 2.05) is 13.0 Å². The van der Waals surface area contributed by atoms with Gasteiger partial charge in [0.25, 0.3) is 0 Å². The molecule has 0 aliphatic carbocycles. The minimum absolute atomic E-state index is 0.00231. The van der Waals surface area contributed by atoms with Crippen molar-refractivity contribution in [3.63, 3.8) is 0 Å². The molecule has 2 amide bonds. The van der Waals surface area contributed by atoms with E-state index in [1.54, 1.807) is 0 Å². The van der Waals surface area contributed by atoms with E-state index < -0.39 is 30.6 Å². The molecule has 0 radical (unpaired) electrons. The number of hydrogen-bond acceptors (Lipinski definition) is 6. The first kappa shape index (κ1) is 21.4. The normalized spacial score (nSPS) is 33.1. The maximum absolute atomic E-state index is 14.4. The van der Waals surface area contributed by atoms with Crippen molar-refractivity contribution in [2.75, 3.05) is 19.7 Å². The number of halogens is 1. The summed E-state index contributed by atoms with van der Waals surface area (Å²) in [5.41, 5.74) is 1.36. The highest BCUT2D eigenvalue weighted by molar-refractivity contribution is 6.02. The van der Waals surface area contributed by atoms with Gasteiger partial charge in [0.05, 0.1) is 43.3 Å². The van der Waals surface area contributed by atoms with E-state index in [2.05, 4.69) is 27.9 Å². The summed E-state index contributed by atoms with van der Waals surface area (Å²) >= 11 is 0. The molecule has 3 aliphatic rings. The Kier molecular flexibility index (Phi) is 6.65. The number of alkyl halides is 1. The Balaban J connectivity index is 1.70. The first-order valence-corrected chi connectivity index (χ1v) is 10.1. The molecular weight excluding hydrogens is 377 g/mol. The Morgan fingerprint density at radius 2 is 2.28 bits per heavy atom. The summed E-state index contributed by atoms with van der Waals surface area (Å²) in [6.45, 7) is 4.44. The molecular formula is C20H28FN5O3. The van der Waals surface area contributed by atoms with Gasteiger partial charge in [-0.3, -0.25) is 14.6 Å². The lowest BCUT2D eigenvalue weighted by Crippen LogP contribution is -2.57. The molecule has 158 valence electrons. The molecule has 0 bridgehead atoms. The summed E-state index contributed by atoms with van der Waals surface area (Å²) < 4.78 is 14.4. The molecule has 8 nitrogen and oxygen atoms in total. The Hall–Kier alpha value is -2.31. The molecule has 0 aromatic carbocycles. The van der Waals surface area contributed by atoms with E-state index in [9.17, 15) is 19.1 Å². The van der Waals surface area contributed by atoms with Gasteiger partial charge in [-0.05, 0) is 26.8 Å². The zero-order valence-electron chi connectivity index (χ0n) is 16.7. The molecule has 5 unspecified atom stereocenters. The van der Waals surface area contributed by atoms with Crippen LogP contribution in [0.15, 0.2) is 16.1 Å². The van der Waals surface area contributed by atoms with Crippen LogP contribution >= 0.6 is 0 Å². The van der Waals surface area contributed by atoms with Gasteiger partial charge in [0.2, 0.25) is 11.8 Å². The molecule has 0 saturated carbocycles. The second kappa shape index (κ2) is 9.01. The number of nitriles is 1. The van der Waals surface area contributed by atoms with Gasteiger partial charge in [0.15, 0.2) is 0 Å². The van der Waals surface area contributed by atoms with Gasteiger partial charge >= 0.3 is 0 Å². The summed E-state index contributed by atoms with van der Waals surface area (Å²) in [5.74, 6) is -1.09. The second-order valence-corrected chi connectivity index (χ2v) is 8.07. The summed E-state index contributed by atoms with van der Waals surface area (Å²) in [6.07, 6.45) is -0.789. The van der Waals surface area contributed by atoms with Gasteiger partial charge < -0.3 is 21.1 Å². The highest BCUT2D eigenvalue weighted by atomic mass is 19.1. The van der Waals surface area contributed by atoms with Crippen molar-refractivity contribution < 1.29 is 19.1 Å². The first-order chi connectivity index (χ1) is 13.8. The zero-order valence-corrected chi connectivity index (χ0v) is 16.7. The van der Waals surface area contributed by atoms with Crippen LogP contribution in [0.5, 0.6) is 0 Å². The predicted octanol–water partition coefficient (Wildman–Crippen LogP) is -0.0109. The van der Waals surface area contributed by atoms with Gasteiger partial charge in [0.1, 0.15) is 6.17 Å². The number of nitrogens with one attached hydrogen (secondary N) is 3. The van der Waals surface area contributed by atoms with Crippen LogP contribution in [0.4, 0.5) is 4.39 Å². The summed E-state index contributed by atoms with van der Waals surface area (Å²) in [5, 5.41) is 27.6. The smallest absolute Gasteiger partial charge is 0.247 e. The van der Waals surface area contributed by atoms with Crippen LogP contribution < -0.4 is 16.0 Å². The van der Waals surface area contributed by atoms with Crippen molar-refractivity contribution in [3.8, 4) is 6.07 Å². The molecule has 9 heteroatoms. The Bertz CT molecular complexity index is 775. The number of rotatable bonds is 5. The maximum atomic E-state index is 14.4. The molecule has 1 fully saturated rings. The monoisotopic (exact) mass is 405 g/mol. The van der Waals surface area contributed by atoms with Crippen LogP contribution in [0.25, 0.3) is 0 Å². The van der Waals surface area contributed by atoms with Crippen molar-refractivity contribution in [2.24, 2.45) is 16.8 Å². The third-order valence-corrected chi connectivity index (χ3v) is 6.16. The molecule has 3 rings (SSSR count). The average Bonchev–Trinajstić information content (AvgIpc) is 2.69. The highest BCUT2D eigenvalue weighted by Crippen LogP contribution is 2.32. The zero-order chi connectivity index (χ0) is 21.1. The number of aliphatic imine (C=N–C) groups is 1. The summed E-state index contributed by atoms with van der Waals surface area (Å²) in [6, 6.07) is 1.28. The topological polar surface area (TPSA) is 127 Å². The fourth-order valence-electron chi connectivity index (χ4n) is 4.62. The minimum atomic E-state index is -1.49. The Labute approximate surface area is 169 Å². The lowest BCUT2D eigenvalue weighted by atomic mass is 9.76. The van der Waals surface area contributed by atoms with E-state index in [0.29, 0.717) is 5.57 Å². The van der Waals surface area contributed by atoms with Crippen LogP contribution in [0, 0.1) is 23.2 Å². The van der Waals surface area contributed by atoms with Crippen molar-refractivity contribution in [1.82, 2.24) is 16.0 Å². The number of nitrogens with zero attached hydrogens (tertiary/aromatic N) is 2. The average molecular weight is 405 g/mol. The molecule has 0 aromatic heterocycles. The van der Waals surface area contributed by atoms with Crippen molar-refractivity contribution in [1.29, 1.82) is 5.26 Å². The van der Waals surface area contributed by atoms with Crippen molar-refractivity contribution in [2.45, 2.75) is 57.4 Å². The summed E-state index contributed by atoms with van der Waals surface area (Å²) in [7, 11) is 0. The fourth-order valence-corrected chi connectivity index (χ4v) is 4.62. The third-order valence-electron chi connectivity index (χ3n) is 6.16. The predicted molar refractivity (Wildman–Crippen MR) is 105 cm³/mol. The van der Waals surface area contributed by atoms with Crippen LogP contribution in [0.3, 0.4) is 0 Å². The van der Waals surface area contributed by atoms with Crippen molar-refractivity contribution in [3.05, 3.63) is 11.1 Å². The molecule has 1 saturated heterocycles. The Morgan fingerprint density at radius 1 is 1.52 bits per heavy atom. The molecule has 3 heterocycles. The quantitative estimate of drug-likeness (QED) is 0.512. The molecule has 29 heavy (non-hydrogen) atoms. The van der Waals surface area contributed by atoms with Crippen molar-refractivity contribution >= 4 is 17.5 Å². The second-order valence-electron chi connectivity index (χ2n) is 8.07. The fraction of sp³-hybridized carbons (Fsp3) is 0.700. The first-order valence-electron chi connectivity index (χ1n) is 10.1. The third kappa shape index (κ3) is 4.49. The van der Waals surface area contributed by atoms with Crippen LogP contribution in [-0.4, -0.2) is 66.6 Å². The number of carbonyl (C=O) groups is 2. The SMILES string of the molecule is CC1=C(CC(=O)N[C@@H](CO)C2=NCC(C#N)CC2F)C(=O)NC2CCNC(C)C12. The van der Waals surface area contributed by atoms with E-state index in [0.717, 1.165) is 18.5 Å². The van der Waals surface area contributed by atoms with Gasteiger partial charge in [-0.25, -0.2) is 4.39 Å². The standard InChI is InChI=1S/C20H28FN5O3/c1-10-13(20(29)26-15-3-4-23-11(2)18(10)15)6-17(28)25-16(9-27)19-14(21)5-12(7-22)8-24-19/h11-12,14-16,18,23,27H,3-6,8-9H2,1-2H3,(H,25,28)(H,26,29)/t11?,12?,14?,15?,16-,18?/m0/s1. The number of aliphatic hydroxyl groups excluding tert-OH is 1. The van der Waals surface area contributed by atoms with E-state index in [1.165, 1.54) is 0 Å². The van der Waals surface area contributed by atoms with Crippen LogP contribution in [0.1, 0.15) is 33.1 Å². The number of amides is 2. The minimum Gasteiger partial charge on any atom is -0.394 e. The number of hydrogen-bond donors (Lipinski definition) is 4. The maximum Gasteiger partial charge on any atom is 0.247 e. The number of carbonyl (C=O) groups excluding carboxylic acids is 2. The van der Waals surface area contributed by atoms with E-state index >= 15 is 0 Å². The van der Waals surface area contributed by atoms with E-state index in [-0.39, 0.29) is 49.0 Å². The molecule has 0 spiro atoms. The van der Waals surface area contributed by atoms with Gasteiger partial charge in [-0.1, -0.05) is 5.57 Å². The number of aliphatic hydroxyl groups is 1. The lowest BCUT2D eigenvalue weighted by Gasteiger charge is -2.42. The Morgan fingerprint density at radius 3 is 2.93 bits per heavy atom. The lowest BCUT2D eigenvalue weighted by molar-refractivity contribution is -0.124. The van der Waals surface area contributed by atoms with Gasteiger partial charge in [0, 0.05) is 30.0 Å². The largest absolute Gasteiger partial charge is 0.394 e. The molecule has 4 N–H and O–H groups in total.